The maximum Gasteiger partial charge on any atom is 0.419 e. The first-order chi connectivity index (χ1) is 17.1. The van der Waals surface area contributed by atoms with E-state index in [4.69, 9.17) is 4.74 Å². The third-order valence-electron chi connectivity index (χ3n) is 6.87. The standard InChI is InChI=1S/C29H33N3O4/c1-18(33)20-13-22-16-30-27(34)26(22)23(14-20)25-15-21-12-19(17-31-10-6-5-7-11-31)8-9-24(21)32(25)28(35)36-29(2,3)4/h8-9,12-15H,5-7,10-11,16-17H2,1-4H3,(H,30,34). The highest BCUT2D eigenvalue weighted by Crippen LogP contribution is 2.36. The second-order valence-electron chi connectivity index (χ2n) is 10.9. The molecule has 1 amide bonds. The molecule has 2 aliphatic rings. The summed E-state index contributed by atoms with van der Waals surface area (Å²) in [7, 11) is 0. The molecule has 1 saturated heterocycles. The Morgan fingerprint density at radius 1 is 1.03 bits per heavy atom. The Hall–Kier alpha value is -3.45. The zero-order chi connectivity index (χ0) is 25.6. The Morgan fingerprint density at radius 3 is 2.47 bits per heavy atom. The first-order valence-electron chi connectivity index (χ1n) is 12.7. The lowest BCUT2D eigenvalue weighted by atomic mass is 9.95. The first kappa shape index (κ1) is 24.3. The van der Waals surface area contributed by atoms with Gasteiger partial charge in [0.15, 0.2) is 5.78 Å². The number of ether oxygens (including phenoxy) is 1. The summed E-state index contributed by atoms with van der Waals surface area (Å²) in [6, 6.07) is 11.5. The van der Waals surface area contributed by atoms with Crippen molar-refractivity contribution in [2.24, 2.45) is 0 Å². The Bertz CT molecular complexity index is 1370. The molecule has 5 rings (SSSR count). The first-order valence-corrected chi connectivity index (χ1v) is 12.7. The average Bonchev–Trinajstić information content (AvgIpc) is 3.38. The van der Waals surface area contributed by atoms with E-state index in [1.165, 1.54) is 36.3 Å². The van der Waals surface area contributed by atoms with Crippen LogP contribution < -0.4 is 5.32 Å². The minimum absolute atomic E-state index is 0.0952. The molecule has 2 aliphatic heterocycles. The van der Waals surface area contributed by atoms with Crippen molar-refractivity contribution >= 4 is 28.7 Å². The van der Waals surface area contributed by atoms with E-state index < -0.39 is 11.7 Å². The lowest BCUT2D eigenvalue weighted by Crippen LogP contribution is -2.29. The van der Waals surface area contributed by atoms with Gasteiger partial charge >= 0.3 is 6.09 Å². The topological polar surface area (TPSA) is 80.6 Å². The summed E-state index contributed by atoms with van der Waals surface area (Å²) in [5.74, 6) is -0.302. The lowest BCUT2D eigenvalue weighted by molar-refractivity contribution is 0.0546. The van der Waals surface area contributed by atoms with Gasteiger partial charge in [-0.3, -0.25) is 14.5 Å². The molecular weight excluding hydrogens is 454 g/mol. The van der Waals surface area contributed by atoms with E-state index in [-0.39, 0.29) is 11.7 Å². The highest BCUT2D eigenvalue weighted by Gasteiger charge is 2.29. The van der Waals surface area contributed by atoms with Crippen LogP contribution in [0.3, 0.4) is 0 Å². The molecule has 7 heteroatoms. The fraction of sp³-hybridized carbons (Fsp3) is 0.414. The van der Waals surface area contributed by atoms with Gasteiger partial charge < -0.3 is 10.1 Å². The number of piperidine rings is 1. The van der Waals surface area contributed by atoms with Crippen molar-refractivity contribution in [1.29, 1.82) is 0 Å². The number of Topliss-reactive ketones (excluding diaryl/α,β-unsaturated/α-hetero) is 1. The number of ketones is 1. The summed E-state index contributed by atoms with van der Waals surface area (Å²) in [6.07, 6.45) is 3.22. The van der Waals surface area contributed by atoms with Gasteiger partial charge in [-0.2, -0.15) is 0 Å². The van der Waals surface area contributed by atoms with Crippen molar-refractivity contribution in [2.75, 3.05) is 13.1 Å². The highest BCUT2D eigenvalue weighted by molar-refractivity contribution is 6.09. The third kappa shape index (κ3) is 4.67. The molecule has 0 saturated carbocycles. The van der Waals surface area contributed by atoms with Crippen LogP contribution in [0.25, 0.3) is 22.2 Å². The molecule has 0 spiro atoms. The van der Waals surface area contributed by atoms with Crippen LogP contribution in [0.2, 0.25) is 0 Å². The summed E-state index contributed by atoms with van der Waals surface area (Å²) < 4.78 is 7.31. The molecule has 0 unspecified atom stereocenters. The minimum Gasteiger partial charge on any atom is -0.443 e. The Labute approximate surface area is 211 Å². The molecule has 188 valence electrons. The molecule has 36 heavy (non-hydrogen) atoms. The van der Waals surface area contributed by atoms with E-state index in [1.54, 1.807) is 12.1 Å². The summed E-state index contributed by atoms with van der Waals surface area (Å²) in [6.45, 7) is 10.4. The molecule has 1 fully saturated rings. The van der Waals surface area contributed by atoms with E-state index >= 15 is 0 Å². The van der Waals surface area contributed by atoms with Crippen LogP contribution in [0.15, 0.2) is 36.4 Å². The number of nitrogens with one attached hydrogen (secondary N) is 1. The van der Waals surface area contributed by atoms with Crippen molar-refractivity contribution in [2.45, 2.75) is 65.6 Å². The maximum atomic E-state index is 13.5. The van der Waals surface area contributed by atoms with E-state index in [2.05, 4.69) is 22.3 Å². The molecule has 0 atom stereocenters. The van der Waals surface area contributed by atoms with Crippen LogP contribution >= 0.6 is 0 Å². The molecule has 0 aliphatic carbocycles. The number of rotatable bonds is 4. The van der Waals surface area contributed by atoms with Crippen LogP contribution in [0.5, 0.6) is 0 Å². The van der Waals surface area contributed by atoms with Crippen molar-refractivity contribution in [3.63, 3.8) is 0 Å². The average molecular weight is 488 g/mol. The molecular formula is C29H33N3O4. The molecule has 0 radical (unpaired) electrons. The number of nitrogens with zero attached hydrogens (tertiary/aromatic N) is 2. The van der Waals surface area contributed by atoms with Crippen molar-refractivity contribution in [3.05, 3.63) is 58.7 Å². The van der Waals surface area contributed by atoms with Crippen molar-refractivity contribution < 1.29 is 19.1 Å². The molecule has 2 aromatic carbocycles. The van der Waals surface area contributed by atoms with Crippen LogP contribution in [0.4, 0.5) is 4.79 Å². The molecule has 1 N–H and O–H groups in total. The predicted molar refractivity (Wildman–Crippen MR) is 139 cm³/mol. The number of carbonyl (C=O) groups is 3. The minimum atomic E-state index is -0.695. The van der Waals surface area contributed by atoms with E-state index in [0.29, 0.717) is 34.4 Å². The monoisotopic (exact) mass is 487 g/mol. The Balaban J connectivity index is 1.68. The molecule has 3 heterocycles. The number of likely N-dealkylation sites (tertiary alicyclic amines) is 1. The fourth-order valence-electron chi connectivity index (χ4n) is 5.22. The van der Waals surface area contributed by atoms with Gasteiger partial charge in [0, 0.05) is 29.6 Å². The van der Waals surface area contributed by atoms with Gasteiger partial charge in [-0.25, -0.2) is 9.36 Å². The quantitative estimate of drug-likeness (QED) is 0.490. The summed E-state index contributed by atoms with van der Waals surface area (Å²) >= 11 is 0. The fourth-order valence-corrected chi connectivity index (χ4v) is 5.22. The number of carbonyl (C=O) groups excluding carboxylic acids is 3. The van der Waals surface area contributed by atoms with Gasteiger partial charge in [0.25, 0.3) is 5.91 Å². The van der Waals surface area contributed by atoms with Crippen molar-refractivity contribution in [3.8, 4) is 11.3 Å². The van der Waals surface area contributed by atoms with Gasteiger partial charge in [0.05, 0.1) is 16.8 Å². The largest absolute Gasteiger partial charge is 0.443 e. The normalized spacial score (nSPS) is 16.2. The zero-order valence-corrected chi connectivity index (χ0v) is 21.4. The number of fused-ring (bicyclic) bond motifs is 2. The smallest absolute Gasteiger partial charge is 0.419 e. The van der Waals surface area contributed by atoms with E-state index in [0.717, 1.165) is 30.6 Å². The second-order valence-corrected chi connectivity index (χ2v) is 10.9. The second kappa shape index (κ2) is 9.21. The van der Waals surface area contributed by atoms with E-state index in [1.807, 2.05) is 32.9 Å². The molecule has 7 nitrogen and oxygen atoms in total. The molecule has 3 aromatic rings. The summed E-state index contributed by atoms with van der Waals surface area (Å²) in [4.78, 5) is 41.1. The maximum absolute atomic E-state index is 13.5. The van der Waals surface area contributed by atoms with Gasteiger partial charge in [0.1, 0.15) is 5.60 Å². The SMILES string of the molecule is CC(=O)c1cc2c(c(-c3cc4cc(CN5CCCCC5)ccc4n3C(=O)OC(C)(C)C)c1)C(=O)NC2. The van der Waals surface area contributed by atoms with Gasteiger partial charge in [0.2, 0.25) is 0 Å². The van der Waals surface area contributed by atoms with Gasteiger partial charge in [-0.05, 0) is 95.1 Å². The number of benzene rings is 2. The Morgan fingerprint density at radius 2 is 1.78 bits per heavy atom. The number of hydrogen-bond donors (Lipinski definition) is 1. The van der Waals surface area contributed by atoms with E-state index in [9.17, 15) is 14.4 Å². The summed E-state index contributed by atoms with van der Waals surface area (Å²) in [5, 5.41) is 3.75. The lowest BCUT2D eigenvalue weighted by Gasteiger charge is -2.26. The molecule has 1 aromatic heterocycles. The van der Waals surface area contributed by atoms with Crippen LogP contribution in [-0.2, 0) is 17.8 Å². The Kier molecular flexibility index (Phi) is 6.20. The zero-order valence-electron chi connectivity index (χ0n) is 21.4. The van der Waals surface area contributed by atoms with Gasteiger partial charge in [-0.1, -0.05) is 12.5 Å². The predicted octanol–water partition coefficient (Wildman–Crippen LogP) is 5.52. The number of aromatic nitrogens is 1. The van der Waals surface area contributed by atoms with Crippen LogP contribution in [0.1, 0.15) is 78.8 Å². The van der Waals surface area contributed by atoms with Crippen molar-refractivity contribution in [1.82, 2.24) is 14.8 Å². The third-order valence-corrected chi connectivity index (χ3v) is 6.87. The van der Waals surface area contributed by atoms with Crippen LogP contribution in [-0.4, -0.2) is 45.9 Å². The van der Waals surface area contributed by atoms with Crippen LogP contribution in [0, 0.1) is 0 Å². The number of amides is 1. The molecule has 0 bridgehead atoms. The highest BCUT2D eigenvalue weighted by atomic mass is 16.6. The number of hydrogen-bond acceptors (Lipinski definition) is 5. The summed E-state index contributed by atoms with van der Waals surface area (Å²) in [5.41, 5.74) is 4.07. The van der Waals surface area contributed by atoms with Gasteiger partial charge in [-0.15, -0.1) is 0 Å².